The fraction of sp³-hybridized carbons (Fsp3) is 0.222. The Kier molecular flexibility index (Phi) is 6.09. The number of nitrogens with zero attached hydrogens (tertiary/aromatic N) is 2. The molecule has 0 bridgehead atoms. The minimum atomic E-state index is -0.656. The molecule has 0 unspecified atom stereocenters. The second kappa shape index (κ2) is 8.27. The van der Waals surface area contributed by atoms with Crippen LogP contribution in [0.4, 0.5) is 13.2 Å². The van der Waals surface area contributed by atoms with Crippen molar-refractivity contribution in [2.75, 3.05) is 0 Å². The molecule has 2 aromatic carbocycles. The summed E-state index contributed by atoms with van der Waals surface area (Å²) in [7, 11) is 0. The Morgan fingerprint density at radius 2 is 1.52 bits per heavy atom. The zero-order valence-electron chi connectivity index (χ0n) is 12.8. The summed E-state index contributed by atoms with van der Waals surface area (Å²) in [5, 5.41) is 7.35. The Bertz CT molecular complexity index is 684. The van der Waals surface area contributed by atoms with Crippen LogP contribution in [0.5, 0.6) is 0 Å². The first kappa shape index (κ1) is 16.9. The molecule has 2 rings (SSSR count). The van der Waals surface area contributed by atoms with Gasteiger partial charge in [0, 0.05) is 0 Å². The minimum Gasteiger partial charge on any atom is -0.207 e. The van der Waals surface area contributed by atoms with Crippen molar-refractivity contribution in [3.8, 4) is 0 Å². The average Bonchev–Trinajstić information content (AvgIpc) is 2.53. The summed E-state index contributed by atoms with van der Waals surface area (Å²) in [4.78, 5) is 0. The number of aryl methyl sites for hydroxylation is 1. The van der Waals surface area contributed by atoms with Crippen LogP contribution in [0.15, 0.2) is 46.6 Å². The van der Waals surface area contributed by atoms with Gasteiger partial charge >= 0.3 is 0 Å². The van der Waals surface area contributed by atoms with Crippen molar-refractivity contribution in [1.82, 2.24) is 0 Å². The lowest BCUT2D eigenvalue weighted by Gasteiger charge is -2.04. The fourth-order valence-electron chi connectivity index (χ4n) is 2.03. The topological polar surface area (TPSA) is 24.7 Å². The number of hydrogen-bond acceptors (Lipinski definition) is 2. The van der Waals surface area contributed by atoms with E-state index < -0.39 is 11.6 Å². The van der Waals surface area contributed by atoms with Gasteiger partial charge < -0.3 is 0 Å². The predicted molar refractivity (Wildman–Crippen MR) is 86.6 cm³/mol. The van der Waals surface area contributed by atoms with Crippen molar-refractivity contribution in [2.45, 2.75) is 26.2 Å². The van der Waals surface area contributed by atoms with Gasteiger partial charge in [-0.3, -0.25) is 0 Å². The van der Waals surface area contributed by atoms with Gasteiger partial charge in [0.2, 0.25) is 0 Å². The smallest absolute Gasteiger partial charge is 0.135 e. The maximum atomic E-state index is 13.9. The summed E-state index contributed by atoms with van der Waals surface area (Å²) >= 11 is 0. The zero-order chi connectivity index (χ0) is 16.7. The van der Waals surface area contributed by atoms with Crippen molar-refractivity contribution in [1.29, 1.82) is 0 Å². The van der Waals surface area contributed by atoms with Gasteiger partial charge in [-0.25, -0.2) is 13.2 Å². The molecule has 0 aromatic heterocycles. The summed E-state index contributed by atoms with van der Waals surface area (Å²) in [6, 6.07) is 8.28. The van der Waals surface area contributed by atoms with Gasteiger partial charge in [-0.05, 0) is 48.2 Å². The van der Waals surface area contributed by atoms with Gasteiger partial charge in [-0.1, -0.05) is 25.5 Å². The van der Waals surface area contributed by atoms with Crippen LogP contribution in [0.3, 0.4) is 0 Å². The van der Waals surface area contributed by atoms with Crippen LogP contribution in [-0.4, -0.2) is 12.4 Å². The Morgan fingerprint density at radius 1 is 0.913 bits per heavy atom. The maximum Gasteiger partial charge on any atom is 0.135 e. The molecule has 0 aliphatic rings. The van der Waals surface area contributed by atoms with Crippen molar-refractivity contribution >= 4 is 12.4 Å². The van der Waals surface area contributed by atoms with E-state index in [1.54, 1.807) is 0 Å². The first-order valence-electron chi connectivity index (χ1n) is 7.40. The van der Waals surface area contributed by atoms with Crippen molar-refractivity contribution in [3.05, 3.63) is 70.5 Å². The Morgan fingerprint density at radius 3 is 2.13 bits per heavy atom. The summed E-state index contributed by atoms with van der Waals surface area (Å²) < 4.78 is 40.6. The van der Waals surface area contributed by atoms with Gasteiger partial charge in [0.1, 0.15) is 17.5 Å². The maximum absolute atomic E-state index is 13.9. The molecule has 5 heteroatoms. The summed E-state index contributed by atoms with van der Waals surface area (Å²) in [5.41, 5.74) is 1.05. The Labute approximate surface area is 133 Å². The minimum absolute atomic E-state index is 0.221. The molecule has 0 amide bonds. The van der Waals surface area contributed by atoms with Gasteiger partial charge in [-0.2, -0.15) is 10.2 Å². The number of benzene rings is 2. The number of halogens is 3. The first-order chi connectivity index (χ1) is 11.1. The lowest BCUT2D eigenvalue weighted by molar-refractivity contribution is 0.575. The van der Waals surface area contributed by atoms with Crippen LogP contribution < -0.4 is 0 Å². The van der Waals surface area contributed by atoms with Crippen LogP contribution in [0.2, 0.25) is 0 Å². The van der Waals surface area contributed by atoms with Crippen LogP contribution in [-0.2, 0) is 6.42 Å². The second-order valence-electron chi connectivity index (χ2n) is 5.12. The second-order valence-corrected chi connectivity index (χ2v) is 5.12. The van der Waals surface area contributed by atoms with Crippen LogP contribution >= 0.6 is 0 Å². The summed E-state index contributed by atoms with van der Waals surface area (Å²) in [5.74, 6) is -1.66. The van der Waals surface area contributed by atoms with E-state index in [0.717, 1.165) is 19.1 Å². The monoisotopic (exact) mass is 318 g/mol. The molecule has 0 N–H and O–H groups in total. The third-order valence-corrected chi connectivity index (χ3v) is 3.29. The largest absolute Gasteiger partial charge is 0.207 e. The lowest BCUT2D eigenvalue weighted by atomic mass is 10.1. The molecule has 0 heterocycles. The van der Waals surface area contributed by atoms with E-state index >= 15 is 0 Å². The molecule has 23 heavy (non-hydrogen) atoms. The van der Waals surface area contributed by atoms with Crippen LogP contribution in [0.25, 0.3) is 0 Å². The SMILES string of the molecule is CCCCc1cc(F)c(/C=N/N=C/c2ccc(F)cc2)c(F)c1. The van der Waals surface area contributed by atoms with E-state index in [1.807, 2.05) is 6.92 Å². The lowest BCUT2D eigenvalue weighted by Crippen LogP contribution is -1.97. The Balaban J connectivity index is 2.08. The van der Waals surface area contributed by atoms with Gasteiger partial charge in [0.05, 0.1) is 18.0 Å². The third-order valence-electron chi connectivity index (χ3n) is 3.29. The molecule has 2 aromatic rings. The fourth-order valence-corrected chi connectivity index (χ4v) is 2.03. The van der Waals surface area contributed by atoms with Gasteiger partial charge in [-0.15, -0.1) is 0 Å². The molecule has 120 valence electrons. The molecule has 2 nitrogen and oxygen atoms in total. The van der Waals surface area contributed by atoms with E-state index in [2.05, 4.69) is 10.2 Å². The number of unbranched alkanes of at least 4 members (excludes halogenated alkanes) is 1. The molecular formula is C18H17F3N2. The summed E-state index contributed by atoms with van der Waals surface area (Å²) in [6.45, 7) is 2.02. The number of rotatable bonds is 6. The molecule has 0 fully saturated rings. The molecule has 0 aliphatic heterocycles. The van der Waals surface area contributed by atoms with E-state index in [-0.39, 0.29) is 11.4 Å². The van der Waals surface area contributed by atoms with Crippen LogP contribution in [0.1, 0.15) is 36.5 Å². The van der Waals surface area contributed by atoms with Gasteiger partial charge in [0.25, 0.3) is 0 Å². The molecule has 0 atom stereocenters. The standard InChI is InChI=1S/C18H17F3N2/c1-2-3-4-14-9-17(20)16(18(21)10-14)12-23-22-11-13-5-7-15(19)8-6-13/h5-12H,2-4H2,1H3/b22-11+,23-12+. The molecular weight excluding hydrogens is 301 g/mol. The molecule has 0 saturated heterocycles. The molecule has 0 saturated carbocycles. The summed E-state index contributed by atoms with van der Waals surface area (Å²) in [6.07, 6.45) is 4.90. The van der Waals surface area contributed by atoms with E-state index in [9.17, 15) is 13.2 Å². The molecule has 0 radical (unpaired) electrons. The quantitative estimate of drug-likeness (QED) is 0.534. The van der Waals surface area contributed by atoms with E-state index in [1.165, 1.54) is 42.6 Å². The van der Waals surface area contributed by atoms with Crippen molar-refractivity contribution in [3.63, 3.8) is 0 Å². The highest BCUT2D eigenvalue weighted by Gasteiger charge is 2.09. The normalized spacial score (nSPS) is 11.7. The van der Waals surface area contributed by atoms with Crippen molar-refractivity contribution < 1.29 is 13.2 Å². The highest BCUT2D eigenvalue weighted by Crippen LogP contribution is 2.15. The zero-order valence-corrected chi connectivity index (χ0v) is 12.8. The number of hydrogen-bond donors (Lipinski definition) is 0. The third kappa shape index (κ3) is 5.06. The molecule has 0 spiro atoms. The van der Waals surface area contributed by atoms with E-state index in [4.69, 9.17) is 0 Å². The molecule has 0 aliphatic carbocycles. The highest BCUT2D eigenvalue weighted by atomic mass is 19.1. The first-order valence-corrected chi connectivity index (χ1v) is 7.40. The predicted octanol–water partition coefficient (Wildman–Crippen LogP) is 4.90. The van der Waals surface area contributed by atoms with Crippen molar-refractivity contribution in [2.24, 2.45) is 10.2 Å². The highest BCUT2D eigenvalue weighted by molar-refractivity contribution is 5.83. The van der Waals surface area contributed by atoms with E-state index in [0.29, 0.717) is 17.5 Å². The Hall–Kier alpha value is -2.43. The average molecular weight is 318 g/mol. The van der Waals surface area contributed by atoms with Gasteiger partial charge in [0.15, 0.2) is 0 Å². The van der Waals surface area contributed by atoms with Crippen LogP contribution in [0, 0.1) is 17.5 Å².